The van der Waals surface area contributed by atoms with E-state index < -0.39 is 6.09 Å². The van der Waals surface area contributed by atoms with E-state index in [2.05, 4.69) is 15.4 Å². The minimum atomic E-state index is -1.04. The molecule has 1 aromatic carbocycles. The number of amides is 1. The van der Waals surface area contributed by atoms with Gasteiger partial charge in [0.2, 0.25) is 0 Å². The van der Waals surface area contributed by atoms with Crippen LogP contribution in [0.3, 0.4) is 0 Å². The second-order valence-corrected chi connectivity index (χ2v) is 5.88. The van der Waals surface area contributed by atoms with Gasteiger partial charge in [0.05, 0.1) is 11.9 Å². The van der Waals surface area contributed by atoms with Crippen molar-refractivity contribution in [2.45, 2.75) is 6.54 Å². The van der Waals surface area contributed by atoms with Gasteiger partial charge in [-0.15, -0.1) is 0 Å². The van der Waals surface area contributed by atoms with Crippen LogP contribution in [0.2, 0.25) is 0 Å². The number of imidazole rings is 1. The third-order valence-electron chi connectivity index (χ3n) is 4.05. The maximum absolute atomic E-state index is 10.6. The molecule has 8 heteroatoms. The number of nitrogens with one attached hydrogen (secondary N) is 1. The molecule has 3 aromatic heterocycles. The van der Waals surface area contributed by atoms with Crippen molar-refractivity contribution in [3.8, 4) is 22.6 Å². The zero-order valence-electron chi connectivity index (χ0n) is 14.0. The molecular formula is C18H16N6O2. The summed E-state index contributed by atoms with van der Waals surface area (Å²) >= 11 is 0. The van der Waals surface area contributed by atoms with E-state index in [1.807, 2.05) is 54.2 Å². The van der Waals surface area contributed by atoms with Gasteiger partial charge < -0.3 is 10.4 Å². The molecule has 0 bridgehead atoms. The van der Waals surface area contributed by atoms with E-state index in [0.29, 0.717) is 0 Å². The SMILES string of the molecule is Cn1cc(-c2cc3nccn3c(-c3ccc(CNC(=O)O)cc3)n2)cn1. The summed E-state index contributed by atoms with van der Waals surface area (Å²) in [5, 5.41) is 15.3. The van der Waals surface area contributed by atoms with Crippen molar-refractivity contribution < 1.29 is 9.90 Å². The summed E-state index contributed by atoms with van der Waals surface area (Å²) in [5.41, 5.74) is 4.30. The maximum Gasteiger partial charge on any atom is 0.404 e. The van der Waals surface area contributed by atoms with Gasteiger partial charge in [0.25, 0.3) is 0 Å². The molecule has 3 heterocycles. The molecule has 26 heavy (non-hydrogen) atoms. The van der Waals surface area contributed by atoms with Crippen molar-refractivity contribution in [2.24, 2.45) is 7.05 Å². The summed E-state index contributed by atoms with van der Waals surface area (Å²) in [6, 6.07) is 9.53. The van der Waals surface area contributed by atoms with Crippen LogP contribution in [0.1, 0.15) is 5.56 Å². The predicted octanol–water partition coefficient (Wildman–Crippen LogP) is 2.56. The molecule has 0 aliphatic rings. The Kier molecular flexibility index (Phi) is 3.85. The number of rotatable bonds is 4. The largest absolute Gasteiger partial charge is 0.465 e. The average molecular weight is 348 g/mol. The Hall–Kier alpha value is -3.68. The first-order chi connectivity index (χ1) is 12.6. The van der Waals surface area contributed by atoms with Crippen LogP contribution in [-0.2, 0) is 13.6 Å². The second-order valence-electron chi connectivity index (χ2n) is 5.88. The highest BCUT2D eigenvalue weighted by atomic mass is 16.4. The van der Waals surface area contributed by atoms with Gasteiger partial charge in [-0.05, 0) is 5.56 Å². The fourth-order valence-electron chi connectivity index (χ4n) is 2.78. The minimum absolute atomic E-state index is 0.263. The number of carbonyl (C=O) groups is 1. The highest BCUT2D eigenvalue weighted by Crippen LogP contribution is 2.24. The molecule has 2 N–H and O–H groups in total. The van der Waals surface area contributed by atoms with Crippen molar-refractivity contribution in [2.75, 3.05) is 0 Å². The first-order valence-corrected chi connectivity index (χ1v) is 7.99. The lowest BCUT2D eigenvalue weighted by Crippen LogP contribution is -2.19. The number of fused-ring (bicyclic) bond motifs is 1. The van der Waals surface area contributed by atoms with Crippen molar-refractivity contribution in [1.29, 1.82) is 0 Å². The summed E-state index contributed by atoms with van der Waals surface area (Å²) in [7, 11) is 1.86. The van der Waals surface area contributed by atoms with E-state index >= 15 is 0 Å². The number of hydrogen-bond donors (Lipinski definition) is 2. The molecule has 0 aliphatic carbocycles. The molecule has 4 aromatic rings. The molecular weight excluding hydrogens is 332 g/mol. The van der Waals surface area contributed by atoms with E-state index in [0.717, 1.165) is 33.9 Å². The molecule has 0 aliphatic heterocycles. The molecule has 0 saturated carbocycles. The van der Waals surface area contributed by atoms with E-state index in [9.17, 15) is 4.79 Å². The second kappa shape index (κ2) is 6.32. The van der Waals surface area contributed by atoms with Gasteiger partial charge in [-0.2, -0.15) is 5.10 Å². The molecule has 8 nitrogen and oxygen atoms in total. The van der Waals surface area contributed by atoms with E-state index in [1.54, 1.807) is 17.1 Å². The molecule has 0 spiro atoms. The lowest BCUT2D eigenvalue weighted by Gasteiger charge is -2.09. The Morgan fingerprint density at radius 2 is 2.04 bits per heavy atom. The summed E-state index contributed by atoms with van der Waals surface area (Å²) < 4.78 is 3.65. The van der Waals surface area contributed by atoms with Gasteiger partial charge in [-0.3, -0.25) is 9.08 Å². The number of nitrogens with zero attached hydrogens (tertiary/aromatic N) is 5. The Bertz CT molecular complexity index is 1080. The highest BCUT2D eigenvalue weighted by molar-refractivity contribution is 5.69. The molecule has 1 amide bonds. The van der Waals surface area contributed by atoms with Crippen molar-refractivity contribution in [3.63, 3.8) is 0 Å². The van der Waals surface area contributed by atoms with E-state index in [-0.39, 0.29) is 6.54 Å². The predicted molar refractivity (Wildman–Crippen MR) is 95.5 cm³/mol. The molecule has 0 unspecified atom stereocenters. The third-order valence-corrected chi connectivity index (χ3v) is 4.05. The summed E-state index contributed by atoms with van der Waals surface area (Å²) in [5.74, 6) is 0.761. The zero-order chi connectivity index (χ0) is 18.1. The van der Waals surface area contributed by atoms with E-state index in [1.165, 1.54) is 0 Å². The smallest absolute Gasteiger partial charge is 0.404 e. The third kappa shape index (κ3) is 3.00. The first-order valence-electron chi connectivity index (χ1n) is 7.99. The number of hydrogen-bond acceptors (Lipinski definition) is 4. The summed E-state index contributed by atoms with van der Waals surface area (Å²) in [4.78, 5) is 19.8. The van der Waals surface area contributed by atoms with Gasteiger partial charge in [0, 0.05) is 49.4 Å². The highest BCUT2D eigenvalue weighted by Gasteiger charge is 2.11. The lowest BCUT2D eigenvalue weighted by molar-refractivity contribution is 0.194. The fourth-order valence-corrected chi connectivity index (χ4v) is 2.78. The van der Waals surface area contributed by atoms with E-state index in [4.69, 9.17) is 10.1 Å². The normalized spacial score (nSPS) is 11.0. The van der Waals surface area contributed by atoms with Crippen LogP contribution in [0.15, 0.2) is 55.1 Å². The van der Waals surface area contributed by atoms with Gasteiger partial charge in [-0.1, -0.05) is 24.3 Å². The molecule has 0 atom stereocenters. The monoisotopic (exact) mass is 348 g/mol. The number of aromatic nitrogens is 5. The number of benzene rings is 1. The minimum Gasteiger partial charge on any atom is -0.465 e. The van der Waals surface area contributed by atoms with Crippen LogP contribution in [0, 0.1) is 0 Å². The fraction of sp³-hybridized carbons (Fsp3) is 0.111. The molecule has 130 valence electrons. The van der Waals surface area contributed by atoms with Crippen LogP contribution in [0.5, 0.6) is 0 Å². The summed E-state index contributed by atoms with van der Waals surface area (Å²) in [6.07, 6.45) is 6.24. The lowest BCUT2D eigenvalue weighted by atomic mass is 10.1. The van der Waals surface area contributed by atoms with Crippen LogP contribution in [0.25, 0.3) is 28.3 Å². The molecule has 0 radical (unpaired) electrons. The molecule has 0 fully saturated rings. The number of carboxylic acid groups (broad SMARTS) is 1. The maximum atomic E-state index is 10.6. The standard InChI is InChI=1S/C18H16N6O2/c1-23-11-14(10-21-23)15-8-16-19-6-7-24(16)17(22-15)13-4-2-12(3-5-13)9-20-18(25)26/h2-8,10-11,20H,9H2,1H3,(H,25,26). The Balaban J connectivity index is 1.75. The number of aryl methyl sites for hydroxylation is 1. The zero-order valence-corrected chi connectivity index (χ0v) is 14.0. The van der Waals surface area contributed by atoms with Crippen molar-refractivity contribution in [1.82, 2.24) is 29.5 Å². The van der Waals surface area contributed by atoms with Crippen LogP contribution < -0.4 is 5.32 Å². The molecule has 0 saturated heterocycles. The van der Waals surface area contributed by atoms with Gasteiger partial charge in [-0.25, -0.2) is 14.8 Å². The first kappa shape index (κ1) is 15.8. The summed E-state index contributed by atoms with van der Waals surface area (Å²) in [6.45, 7) is 0.263. The van der Waals surface area contributed by atoms with Crippen molar-refractivity contribution >= 4 is 11.7 Å². The molecule has 4 rings (SSSR count). The Morgan fingerprint density at radius 1 is 1.23 bits per heavy atom. The Labute approximate surface area is 148 Å². The topological polar surface area (TPSA) is 97.3 Å². The van der Waals surface area contributed by atoms with Crippen molar-refractivity contribution in [3.05, 3.63) is 60.7 Å². The van der Waals surface area contributed by atoms with Gasteiger partial charge >= 0.3 is 6.09 Å². The van der Waals surface area contributed by atoms with Crippen LogP contribution >= 0.6 is 0 Å². The van der Waals surface area contributed by atoms with Crippen LogP contribution in [0.4, 0.5) is 4.79 Å². The Morgan fingerprint density at radius 3 is 2.73 bits per heavy atom. The quantitative estimate of drug-likeness (QED) is 0.591. The van der Waals surface area contributed by atoms with Gasteiger partial charge in [0.1, 0.15) is 11.5 Å². The van der Waals surface area contributed by atoms with Crippen LogP contribution in [-0.4, -0.2) is 35.3 Å². The average Bonchev–Trinajstić information content (AvgIpc) is 3.28. The van der Waals surface area contributed by atoms with Gasteiger partial charge in [0.15, 0.2) is 0 Å².